The molecule has 1 aromatic carbocycles. The molecular formula is C19H30N2O3. The summed E-state index contributed by atoms with van der Waals surface area (Å²) in [7, 11) is 0. The first kappa shape index (κ1) is 20.2. The Labute approximate surface area is 144 Å². The molecule has 0 fully saturated rings. The second-order valence-electron chi connectivity index (χ2n) is 7.64. The van der Waals surface area contributed by atoms with Crippen LogP contribution in [-0.2, 0) is 9.59 Å². The summed E-state index contributed by atoms with van der Waals surface area (Å²) in [5, 5.41) is 15.6. The molecule has 2 amide bonds. The zero-order chi connectivity index (χ0) is 18.3. The minimum Gasteiger partial charge on any atom is -0.391 e. The first-order valence-electron chi connectivity index (χ1n) is 8.41. The van der Waals surface area contributed by atoms with Gasteiger partial charge in [-0.3, -0.25) is 9.59 Å². The van der Waals surface area contributed by atoms with Crippen LogP contribution in [-0.4, -0.2) is 29.6 Å². The van der Waals surface area contributed by atoms with Crippen LogP contribution in [0, 0.1) is 11.3 Å². The summed E-state index contributed by atoms with van der Waals surface area (Å²) in [6.45, 7) is 9.77. The van der Waals surface area contributed by atoms with E-state index in [0.29, 0.717) is 6.42 Å². The van der Waals surface area contributed by atoms with Gasteiger partial charge in [-0.15, -0.1) is 0 Å². The van der Waals surface area contributed by atoms with Crippen LogP contribution in [0.2, 0.25) is 0 Å². The molecule has 0 saturated carbocycles. The number of hydrogen-bond donors (Lipinski definition) is 3. The number of amides is 2. The molecule has 0 radical (unpaired) electrons. The fourth-order valence-corrected chi connectivity index (χ4v) is 2.14. The molecule has 5 nitrogen and oxygen atoms in total. The van der Waals surface area contributed by atoms with Crippen LogP contribution < -0.4 is 10.6 Å². The van der Waals surface area contributed by atoms with E-state index in [1.807, 2.05) is 52.8 Å². The van der Waals surface area contributed by atoms with Crippen LogP contribution in [0.4, 0.5) is 0 Å². The maximum absolute atomic E-state index is 12.6. The number of benzene rings is 1. The molecule has 0 heterocycles. The summed E-state index contributed by atoms with van der Waals surface area (Å²) in [6.07, 6.45) is -0.300. The van der Waals surface area contributed by atoms with Gasteiger partial charge in [-0.25, -0.2) is 0 Å². The lowest BCUT2D eigenvalue weighted by Gasteiger charge is -2.27. The van der Waals surface area contributed by atoms with E-state index in [1.54, 1.807) is 12.1 Å². The molecule has 0 bridgehead atoms. The third-order valence-electron chi connectivity index (χ3n) is 3.76. The Morgan fingerprint density at radius 3 is 2.21 bits per heavy atom. The van der Waals surface area contributed by atoms with Crippen LogP contribution in [0.3, 0.4) is 0 Å². The Balaban J connectivity index is 2.81. The monoisotopic (exact) mass is 334 g/mol. The Hall–Kier alpha value is -1.88. The van der Waals surface area contributed by atoms with E-state index >= 15 is 0 Å². The Bertz CT molecular complexity index is 535. The topological polar surface area (TPSA) is 78.4 Å². The molecule has 1 rings (SSSR count). The average molecular weight is 334 g/mol. The van der Waals surface area contributed by atoms with E-state index < -0.39 is 12.1 Å². The lowest BCUT2D eigenvalue weighted by Crippen LogP contribution is -2.45. The maximum atomic E-state index is 12.6. The molecule has 3 N–H and O–H groups in total. The molecule has 1 aromatic rings. The number of carbonyl (C=O) groups excluding carboxylic acids is 2. The summed E-state index contributed by atoms with van der Waals surface area (Å²) in [4.78, 5) is 24.7. The third-order valence-corrected chi connectivity index (χ3v) is 3.76. The molecule has 24 heavy (non-hydrogen) atoms. The first-order valence-corrected chi connectivity index (χ1v) is 8.41. The van der Waals surface area contributed by atoms with Gasteiger partial charge in [0.05, 0.1) is 6.10 Å². The van der Waals surface area contributed by atoms with Crippen molar-refractivity contribution >= 4 is 11.8 Å². The minimum atomic E-state index is -0.760. The van der Waals surface area contributed by atoms with Gasteiger partial charge in [0, 0.05) is 13.0 Å². The van der Waals surface area contributed by atoms with Crippen molar-refractivity contribution in [2.75, 3.05) is 6.54 Å². The Kier molecular flexibility index (Phi) is 7.42. The quantitative estimate of drug-likeness (QED) is 0.716. The normalized spacial score (nSPS) is 14.1. The molecule has 0 spiro atoms. The fraction of sp³-hybridized carbons (Fsp3) is 0.579. The summed E-state index contributed by atoms with van der Waals surface area (Å²) in [5.74, 6) is -0.265. The van der Waals surface area contributed by atoms with Crippen molar-refractivity contribution in [1.29, 1.82) is 0 Å². The second kappa shape index (κ2) is 8.83. The van der Waals surface area contributed by atoms with Gasteiger partial charge in [-0.2, -0.15) is 0 Å². The Morgan fingerprint density at radius 2 is 1.71 bits per heavy atom. The van der Waals surface area contributed by atoms with E-state index in [4.69, 9.17) is 0 Å². The van der Waals surface area contributed by atoms with E-state index in [1.165, 1.54) is 0 Å². The number of aliphatic hydroxyl groups excluding tert-OH is 1. The van der Waals surface area contributed by atoms with Gasteiger partial charge in [0.25, 0.3) is 0 Å². The van der Waals surface area contributed by atoms with Crippen LogP contribution in [0.25, 0.3) is 0 Å². The SMILES string of the molecule is CC(C)CC(=O)NC(C(=O)NCC(O)C(C)(C)C)c1ccccc1. The Morgan fingerprint density at radius 1 is 1.12 bits per heavy atom. The summed E-state index contributed by atoms with van der Waals surface area (Å²) >= 11 is 0. The van der Waals surface area contributed by atoms with Gasteiger partial charge in [0.1, 0.15) is 6.04 Å². The van der Waals surface area contributed by atoms with Crippen molar-refractivity contribution < 1.29 is 14.7 Å². The highest BCUT2D eigenvalue weighted by Gasteiger charge is 2.26. The van der Waals surface area contributed by atoms with Crippen molar-refractivity contribution in [3.63, 3.8) is 0 Å². The maximum Gasteiger partial charge on any atom is 0.247 e. The standard InChI is InChI=1S/C19H30N2O3/c1-13(2)11-16(23)21-17(14-9-7-6-8-10-14)18(24)20-12-15(22)19(3,4)5/h6-10,13,15,17,22H,11-12H2,1-5H3,(H,20,24)(H,21,23). The van der Waals surface area contributed by atoms with E-state index in [-0.39, 0.29) is 29.7 Å². The van der Waals surface area contributed by atoms with Gasteiger partial charge >= 0.3 is 0 Å². The number of aliphatic hydroxyl groups is 1. The lowest BCUT2D eigenvalue weighted by molar-refractivity contribution is -0.130. The summed E-state index contributed by atoms with van der Waals surface area (Å²) in [6, 6.07) is 8.37. The van der Waals surface area contributed by atoms with E-state index in [9.17, 15) is 14.7 Å². The predicted octanol–water partition coefficient (Wildman–Crippen LogP) is 2.41. The molecule has 0 aliphatic carbocycles. The van der Waals surface area contributed by atoms with Crippen molar-refractivity contribution in [1.82, 2.24) is 10.6 Å². The van der Waals surface area contributed by atoms with Crippen LogP contribution in [0.1, 0.15) is 52.6 Å². The zero-order valence-electron chi connectivity index (χ0n) is 15.3. The van der Waals surface area contributed by atoms with Crippen LogP contribution in [0.15, 0.2) is 30.3 Å². The van der Waals surface area contributed by atoms with Crippen molar-refractivity contribution in [2.24, 2.45) is 11.3 Å². The van der Waals surface area contributed by atoms with Gasteiger partial charge in [0.2, 0.25) is 11.8 Å². The molecular weight excluding hydrogens is 304 g/mol. The van der Waals surface area contributed by atoms with Crippen molar-refractivity contribution in [2.45, 2.75) is 53.2 Å². The molecule has 2 unspecified atom stereocenters. The van der Waals surface area contributed by atoms with Gasteiger partial charge in [-0.05, 0) is 16.9 Å². The van der Waals surface area contributed by atoms with Gasteiger partial charge < -0.3 is 15.7 Å². The third kappa shape index (κ3) is 6.71. The summed E-state index contributed by atoms with van der Waals surface area (Å²) < 4.78 is 0. The van der Waals surface area contributed by atoms with Crippen LogP contribution in [0.5, 0.6) is 0 Å². The number of hydrogen-bond acceptors (Lipinski definition) is 3. The highest BCUT2D eigenvalue weighted by molar-refractivity contribution is 5.88. The molecule has 0 saturated heterocycles. The highest BCUT2D eigenvalue weighted by Crippen LogP contribution is 2.19. The molecule has 0 aliphatic heterocycles. The highest BCUT2D eigenvalue weighted by atomic mass is 16.3. The smallest absolute Gasteiger partial charge is 0.247 e. The number of carbonyl (C=O) groups is 2. The predicted molar refractivity (Wildman–Crippen MR) is 95.3 cm³/mol. The van der Waals surface area contributed by atoms with Crippen LogP contribution >= 0.6 is 0 Å². The average Bonchev–Trinajstić information content (AvgIpc) is 2.49. The number of nitrogens with one attached hydrogen (secondary N) is 2. The van der Waals surface area contributed by atoms with Gasteiger partial charge in [-0.1, -0.05) is 65.0 Å². The van der Waals surface area contributed by atoms with Gasteiger partial charge in [0.15, 0.2) is 0 Å². The zero-order valence-corrected chi connectivity index (χ0v) is 15.3. The first-order chi connectivity index (χ1) is 11.1. The molecule has 134 valence electrons. The summed E-state index contributed by atoms with van der Waals surface area (Å²) in [5.41, 5.74) is 0.397. The molecule has 0 aliphatic rings. The lowest BCUT2D eigenvalue weighted by atomic mass is 9.89. The largest absolute Gasteiger partial charge is 0.391 e. The minimum absolute atomic E-state index is 0.145. The molecule has 5 heteroatoms. The molecule has 0 aromatic heterocycles. The second-order valence-corrected chi connectivity index (χ2v) is 7.64. The molecule has 2 atom stereocenters. The van der Waals surface area contributed by atoms with E-state index in [0.717, 1.165) is 5.56 Å². The fourth-order valence-electron chi connectivity index (χ4n) is 2.14. The van der Waals surface area contributed by atoms with Crippen molar-refractivity contribution in [3.05, 3.63) is 35.9 Å². The number of rotatable bonds is 7. The van der Waals surface area contributed by atoms with Crippen molar-refractivity contribution in [3.8, 4) is 0 Å². The van der Waals surface area contributed by atoms with E-state index in [2.05, 4.69) is 10.6 Å².